The van der Waals surface area contributed by atoms with Gasteiger partial charge in [0.2, 0.25) is 0 Å². The molecule has 2 heteroatoms. The monoisotopic (exact) mass is 680 g/mol. The molecule has 0 heterocycles. The first-order chi connectivity index (χ1) is 23.4. The van der Waals surface area contributed by atoms with Crippen molar-refractivity contribution in [2.24, 2.45) is 0 Å². The van der Waals surface area contributed by atoms with E-state index in [1.807, 2.05) is 13.8 Å². The van der Waals surface area contributed by atoms with Gasteiger partial charge in [0.1, 0.15) is 0 Å². The van der Waals surface area contributed by atoms with Crippen molar-refractivity contribution in [3.05, 3.63) is 177 Å². The number of hydrogen-bond acceptors (Lipinski definition) is 0. The van der Waals surface area contributed by atoms with E-state index in [0.717, 1.165) is 0 Å². The molecule has 252 valence electrons. The van der Waals surface area contributed by atoms with Gasteiger partial charge in [0.25, 0.3) is 0 Å². The lowest BCUT2D eigenvalue weighted by Crippen LogP contribution is -2.22. The van der Waals surface area contributed by atoms with E-state index in [0.29, 0.717) is 0 Å². The second-order valence-electron chi connectivity index (χ2n) is 13.2. The van der Waals surface area contributed by atoms with Gasteiger partial charge in [-0.15, -0.1) is 0 Å². The number of aryl methyl sites for hydroxylation is 9. The summed E-state index contributed by atoms with van der Waals surface area (Å²) in [5, 5.41) is 8.57. The summed E-state index contributed by atoms with van der Waals surface area (Å²) in [6, 6.07) is 48.0. The molecule has 6 aromatic rings. The van der Waals surface area contributed by atoms with Crippen molar-refractivity contribution >= 4 is 47.7 Å². The fourth-order valence-electron chi connectivity index (χ4n) is 6.22. The van der Waals surface area contributed by atoms with Crippen molar-refractivity contribution in [1.82, 2.24) is 0 Å². The van der Waals surface area contributed by atoms with Crippen LogP contribution < -0.4 is 31.8 Å². The quantitative estimate of drug-likeness (QED) is 0.154. The summed E-state index contributed by atoms with van der Waals surface area (Å²) < 4.78 is 0. The highest BCUT2D eigenvalue weighted by molar-refractivity contribution is 7.80. The lowest BCUT2D eigenvalue weighted by atomic mass is 10.1. The van der Waals surface area contributed by atoms with Crippen LogP contribution in [0.5, 0.6) is 0 Å². The Bertz CT molecular complexity index is 1660. The van der Waals surface area contributed by atoms with E-state index in [9.17, 15) is 0 Å². The topological polar surface area (TPSA) is 0 Å². The van der Waals surface area contributed by atoms with Crippen molar-refractivity contribution in [3.63, 3.8) is 0 Å². The van der Waals surface area contributed by atoms with E-state index in [1.54, 1.807) is 0 Å². The summed E-state index contributed by atoms with van der Waals surface area (Å²) >= 11 is 0. The minimum atomic E-state index is -0.543. The summed E-state index contributed by atoms with van der Waals surface area (Å²) in [6.07, 6.45) is 0. The summed E-state index contributed by atoms with van der Waals surface area (Å²) in [6.45, 7) is 23.6. The van der Waals surface area contributed by atoms with Gasteiger partial charge in [-0.05, 0) is 110 Å². The van der Waals surface area contributed by atoms with E-state index >= 15 is 0 Å². The molecule has 0 N–H and O–H groups in total. The number of rotatable bonds is 6. The Morgan fingerprint density at radius 1 is 0.224 bits per heavy atom. The van der Waals surface area contributed by atoms with Crippen LogP contribution >= 0.6 is 15.8 Å². The Hall–Kier alpha value is -3.82. The third-order valence-corrected chi connectivity index (χ3v) is 13.0. The van der Waals surface area contributed by atoms with Crippen molar-refractivity contribution in [1.29, 1.82) is 0 Å². The van der Waals surface area contributed by atoms with Gasteiger partial charge in [0, 0.05) is 0 Å². The average Bonchev–Trinajstić information content (AvgIpc) is 3.04. The smallest absolute Gasteiger partial charge is 0.0134 e. The molecule has 0 aromatic heterocycles. The van der Waals surface area contributed by atoms with Gasteiger partial charge in [0.05, 0.1) is 0 Å². The molecule has 0 saturated heterocycles. The molecule has 0 spiro atoms. The zero-order valence-corrected chi connectivity index (χ0v) is 33.3. The van der Waals surface area contributed by atoms with Crippen LogP contribution in [0.25, 0.3) is 0 Å². The molecule has 0 aliphatic carbocycles. The van der Waals surface area contributed by atoms with E-state index in [1.165, 1.54) is 81.9 Å². The van der Waals surface area contributed by atoms with Crippen LogP contribution in [0.15, 0.2) is 127 Å². The summed E-state index contributed by atoms with van der Waals surface area (Å²) in [4.78, 5) is 0. The van der Waals surface area contributed by atoms with Crippen LogP contribution in [0.1, 0.15) is 63.9 Å². The van der Waals surface area contributed by atoms with Gasteiger partial charge < -0.3 is 0 Å². The zero-order chi connectivity index (χ0) is 35.7. The normalized spacial score (nSPS) is 10.7. The Morgan fingerprint density at radius 3 is 0.612 bits per heavy atom. The average molecular weight is 681 g/mol. The molecule has 0 radical (unpaired) electrons. The molecule has 0 unspecified atom stereocenters. The first kappa shape index (κ1) is 38.0. The van der Waals surface area contributed by atoms with Crippen molar-refractivity contribution < 1.29 is 0 Å². The standard InChI is InChI=1S/C24H27P.C21H21P.C2H6/c1-16-7-17(2)11-22(10-16)25(23-12-18(3)8-19(4)13-23)24-14-20(5)9-21(6)15-24;1-16-4-10-19(11-5-16)22(20-12-6-17(2)7-13-20)21-14-8-18(3)9-15-21;1-2/h7-15H,1-6H3;4-15H,1-3H3;1-2H3. The summed E-state index contributed by atoms with van der Waals surface area (Å²) in [5.74, 6) is 0. The zero-order valence-electron chi connectivity index (χ0n) is 31.5. The molecule has 0 fully saturated rings. The molecule has 0 aliphatic heterocycles. The molecule has 6 aromatic carbocycles. The lowest BCUT2D eigenvalue weighted by Gasteiger charge is -2.22. The minimum absolute atomic E-state index is 0.483. The SMILES string of the molecule is CC.Cc1cc(C)cc(P(c2cc(C)cc(C)c2)c2cc(C)cc(C)c2)c1.Cc1ccc(P(c2ccc(C)cc2)c2ccc(C)cc2)cc1. The van der Waals surface area contributed by atoms with Crippen LogP contribution in [-0.2, 0) is 0 Å². The van der Waals surface area contributed by atoms with Crippen molar-refractivity contribution in [2.45, 2.75) is 76.2 Å². The predicted molar refractivity (Wildman–Crippen MR) is 224 cm³/mol. The molecule has 6 rings (SSSR count). The highest BCUT2D eigenvalue weighted by atomic mass is 31.1. The maximum Gasteiger partial charge on any atom is -0.0134 e. The van der Waals surface area contributed by atoms with E-state index in [2.05, 4.69) is 190 Å². The Kier molecular flexibility index (Phi) is 13.7. The van der Waals surface area contributed by atoms with Crippen molar-refractivity contribution in [3.8, 4) is 0 Å². The molecule has 0 aliphatic rings. The third-order valence-electron chi connectivity index (χ3n) is 8.27. The van der Waals surface area contributed by atoms with Gasteiger partial charge in [-0.2, -0.15) is 0 Å². The van der Waals surface area contributed by atoms with Gasteiger partial charge in [-0.3, -0.25) is 0 Å². The Balaban J connectivity index is 0.000000212. The largest absolute Gasteiger partial charge is 0.0683 e. The van der Waals surface area contributed by atoms with Gasteiger partial charge in [0.15, 0.2) is 0 Å². The van der Waals surface area contributed by atoms with E-state index in [-0.39, 0.29) is 0 Å². The van der Waals surface area contributed by atoms with Crippen molar-refractivity contribution in [2.75, 3.05) is 0 Å². The minimum Gasteiger partial charge on any atom is -0.0683 e. The molecule has 0 nitrogen and oxygen atoms in total. The molecular weight excluding hydrogens is 626 g/mol. The maximum absolute atomic E-state index is 2.37. The van der Waals surface area contributed by atoms with E-state index < -0.39 is 15.8 Å². The second kappa shape index (κ2) is 17.7. The summed E-state index contributed by atoms with van der Waals surface area (Å²) in [7, 11) is -1.03. The molecule has 0 atom stereocenters. The second-order valence-corrected chi connectivity index (χ2v) is 17.7. The van der Waals surface area contributed by atoms with Crippen LogP contribution in [0.4, 0.5) is 0 Å². The molecule has 49 heavy (non-hydrogen) atoms. The fourth-order valence-corrected chi connectivity index (χ4v) is 11.3. The Morgan fingerprint density at radius 2 is 0.408 bits per heavy atom. The van der Waals surface area contributed by atoms with Crippen LogP contribution in [0.2, 0.25) is 0 Å². The van der Waals surface area contributed by atoms with Gasteiger partial charge in [-0.1, -0.05) is 191 Å². The highest BCUT2D eigenvalue weighted by Gasteiger charge is 2.19. The van der Waals surface area contributed by atoms with Crippen LogP contribution in [-0.4, -0.2) is 0 Å². The fraction of sp³-hybridized carbons (Fsp3) is 0.234. The molecule has 0 amide bonds. The molecule has 0 saturated carbocycles. The van der Waals surface area contributed by atoms with E-state index in [4.69, 9.17) is 0 Å². The van der Waals surface area contributed by atoms with Crippen LogP contribution in [0, 0.1) is 62.3 Å². The number of hydrogen-bond donors (Lipinski definition) is 0. The summed E-state index contributed by atoms with van der Waals surface area (Å²) in [5.41, 5.74) is 12.0. The lowest BCUT2D eigenvalue weighted by molar-refractivity contribution is 1.39. The Labute approximate surface area is 300 Å². The maximum atomic E-state index is 2.37. The first-order valence-electron chi connectivity index (χ1n) is 17.5. The first-order valence-corrected chi connectivity index (χ1v) is 20.2. The number of benzene rings is 6. The highest BCUT2D eigenvalue weighted by Crippen LogP contribution is 2.35. The molecular formula is C47H54P2. The molecule has 0 bridgehead atoms. The predicted octanol–water partition coefficient (Wildman–Crippen LogP) is 10.7. The van der Waals surface area contributed by atoms with Gasteiger partial charge in [-0.25, -0.2) is 0 Å². The third kappa shape index (κ3) is 10.6. The van der Waals surface area contributed by atoms with Crippen LogP contribution in [0.3, 0.4) is 0 Å². The van der Waals surface area contributed by atoms with Gasteiger partial charge >= 0.3 is 0 Å².